The highest BCUT2D eigenvalue weighted by Gasteiger charge is 2.10. The Bertz CT molecular complexity index is 630. The first kappa shape index (κ1) is 9.56. The van der Waals surface area contributed by atoms with E-state index in [4.69, 9.17) is 17.3 Å². The van der Waals surface area contributed by atoms with Crippen LogP contribution in [-0.4, -0.2) is 19.8 Å². The predicted octanol–water partition coefficient (Wildman–Crippen LogP) is 2.09. The van der Waals surface area contributed by atoms with Crippen molar-refractivity contribution in [1.82, 2.24) is 19.8 Å². The Balaban J connectivity index is 2.19. The van der Waals surface area contributed by atoms with Gasteiger partial charge < -0.3 is 5.73 Å². The molecule has 0 atom stereocenters. The van der Waals surface area contributed by atoms with Crippen LogP contribution in [0.4, 0.5) is 5.69 Å². The zero-order chi connectivity index (χ0) is 11.1. The monoisotopic (exact) mass is 251 g/mol. The first-order valence-corrected chi connectivity index (χ1v) is 5.66. The summed E-state index contributed by atoms with van der Waals surface area (Å²) >= 11 is 7.27. The van der Waals surface area contributed by atoms with Gasteiger partial charge in [-0.3, -0.25) is 0 Å². The maximum atomic E-state index is 5.88. The smallest absolute Gasteiger partial charge is 0.234 e. The van der Waals surface area contributed by atoms with Crippen LogP contribution in [-0.2, 0) is 0 Å². The first-order valence-electron chi connectivity index (χ1n) is 4.46. The Morgan fingerprint density at radius 3 is 3.00 bits per heavy atom. The molecular weight excluding hydrogens is 246 g/mol. The number of rotatable bonds is 1. The number of benzene rings is 1. The number of fused-ring (bicyclic) bond motifs is 1. The van der Waals surface area contributed by atoms with E-state index in [9.17, 15) is 0 Å². The molecule has 1 aromatic carbocycles. The van der Waals surface area contributed by atoms with Crippen molar-refractivity contribution in [1.29, 1.82) is 0 Å². The summed E-state index contributed by atoms with van der Waals surface area (Å²) in [5.41, 5.74) is 7.35. The average molecular weight is 252 g/mol. The molecule has 0 bridgehead atoms. The largest absolute Gasteiger partial charge is 0.398 e. The average Bonchev–Trinajstić information content (AvgIpc) is 2.76. The highest BCUT2D eigenvalue weighted by molar-refractivity contribution is 7.19. The molecule has 80 valence electrons. The minimum Gasteiger partial charge on any atom is -0.398 e. The fraction of sp³-hybridized carbons (Fsp3) is 0. The van der Waals surface area contributed by atoms with Crippen LogP contribution in [0.1, 0.15) is 0 Å². The van der Waals surface area contributed by atoms with Gasteiger partial charge in [-0.05, 0) is 18.2 Å². The van der Waals surface area contributed by atoms with Crippen molar-refractivity contribution in [3.63, 3.8) is 0 Å². The molecule has 0 fully saturated rings. The Hall–Kier alpha value is -1.66. The second kappa shape index (κ2) is 3.43. The molecule has 0 spiro atoms. The Morgan fingerprint density at radius 2 is 2.25 bits per heavy atom. The van der Waals surface area contributed by atoms with Gasteiger partial charge in [-0.1, -0.05) is 22.9 Å². The quantitative estimate of drug-likeness (QED) is 0.673. The third-order valence-corrected chi connectivity index (χ3v) is 3.31. The van der Waals surface area contributed by atoms with Gasteiger partial charge in [0, 0.05) is 16.3 Å². The van der Waals surface area contributed by atoms with Gasteiger partial charge in [0.05, 0.1) is 0 Å². The van der Waals surface area contributed by atoms with E-state index in [0.717, 1.165) is 15.5 Å². The van der Waals surface area contributed by atoms with E-state index in [0.29, 0.717) is 10.7 Å². The number of hydrogen-bond donors (Lipinski definition) is 1. The van der Waals surface area contributed by atoms with Crippen LogP contribution in [0.3, 0.4) is 0 Å². The van der Waals surface area contributed by atoms with Crippen LogP contribution in [0, 0.1) is 0 Å². The molecule has 16 heavy (non-hydrogen) atoms. The number of halogens is 1. The van der Waals surface area contributed by atoms with E-state index in [1.165, 1.54) is 11.3 Å². The lowest BCUT2D eigenvalue weighted by molar-refractivity contribution is 0.960. The molecule has 5 nitrogen and oxygen atoms in total. The zero-order valence-electron chi connectivity index (χ0n) is 7.96. The number of nitrogens with two attached hydrogens (primary N) is 1. The maximum Gasteiger partial charge on any atom is 0.234 e. The van der Waals surface area contributed by atoms with Crippen molar-refractivity contribution in [3.8, 4) is 10.6 Å². The second-order valence-electron chi connectivity index (χ2n) is 3.20. The second-order valence-corrected chi connectivity index (χ2v) is 4.59. The summed E-state index contributed by atoms with van der Waals surface area (Å²) in [5.74, 6) is 0. The zero-order valence-corrected chi connectivity index (χ0v) is 9.53. The molecule has 3 rings (SSSR count). The van der Waals surface area contributed by atoms with E-state index >= 15 is 0 Å². The molecule has 0 aliphatic carbocycles. The van der Waals surface area contributed by atoms with Crippen LogP contribution in [0.15, 0.2) is 24.5 Å². The Labute approximate surface area is 99.5 Å². The lowest BCUT2D eigenvalue weighted by Gasteiger charge is -2.01. The van der Waals surface area contributed by atoms with Crippen molar-refractivity contribution in [3.05, 3.63) is 29.5 Å². The van der Waals surface area contributed by atoms with Crippen LogP contribution < -0.4 is 5.73 Å². The minimum absolute atomic E-state index is 0.609. The summed E-state index contributed by atoms with van der Waals surface area (Å²) in [5, 5.41) is 13.4. The molecule has 2 N–H and O–H groups in total. The molecule has 7 heteroatoms. The van der Waals surface area contributed by atoms with E-state index < -0.39 is 0 Å². The van der Waals surface area contributed by atoms with Crippen LogP contribution in [0.2, 0.25) is 5.02 Å². The molecule has 0 aliphatic heterocycles. The standard InChI is InChI=1S/C9H6ClN5S/c10-5-1-2-6(7(11)3-5)8-14-15-4-12-13-9(15)16-8/h1-4H,11H2. The lowest BCUT2D eigenvalue weighted by atomic mass is 10.2. The van der Waals surface area contributed by atoms with Crippen molar-refractivity contribution in [2.45, 2.75) is 0 Å². The molecule has 0 saturated carbocycles. The topological polar surface area (TPSA) is 69.1 Å². The normalized spacial score (nSPS) is 11.1. The third kappa shape index (κ3) is 1.43. The van der Waals surface area contributed by atoms with Crippen molar-refractivity contribution < 1.29 is 0 Å². The van der Waals surface area contributed by atoms with Crippen molar-refractivity contribution in [2.24, 2.45) is 0 Å². The van der Waals surface area contributed by atoms with Crippen LogP contribution in [0.25, 0.3) is 15.5 Å². The van der Waals surface area contributed by atoms with E-state index in [2.05, 4.69) is 15.3 Å². The fourth-order valence-electron chi connectivity index (χ4n) is 1.40. The highest BCUT2D eigenvalue weighted by Crippen LogP contribution is 2.31. The van der Waals surface area contributed by atoms with Gasteiger partial charge in [0.1, 0.15) is 11.3 Å². The molecule has 0 radical (unpaired) electrons. The number of anilines is 1. The fourth-order valence-corrected chi connectivity index (χ4v) is 2.44. The van der Waals surface area contributed by atoms with Crippen LogP contribution in [0.5, 0.6) is 0 Å². The number of hydrogen-bond acceptors (Lipinski definition) is 5. The highest BCUT2D eigenvalue weighted by atomic mass is 35.5. The summed E-state index contributed by atoms with van der Waals surface area (Å²) in [4.78, 5) is 0.740. The first-order chi connectivity index (χ1) is 7.74. The predicted molar refractivity (Wildman–Crippen MR) is 63.5 cm³/mol. The molecule has 3 aromatic rings. The van der Waals surface area contributed by atoms with E-state index in [1.807, 2.05) is 6.07 Å². The van der Waals surface area contributed by atoms with Gasteiger partial charge in [-0.15, -0.1) is 10.2 Å². The summed E-state index contributed by atoms with van der Waals surface area (Å²) < 4.78 is 1.62. The molecule has 2 aromatic heterocycles. The number of nitrogen functional groups attached to an aromatic ring is 1. The summed E-state index contributed by atoms with van der Waals surface area (Å²) in [7, 11) is 0. The SMILES string of the molecule is Nc1cc(Cl)ccc1-c1nn2cnnc2s1. The Morgan fingerprint density at radius 1 is 1.38 bits per heavy atom. The van der Waals surface area contributed by atoms with Gasteiger partial charge in [-0.2, -0.15) is 9.61 Å². The van der Waals surface area contributed by atoms with E-state index in [-0.39, 0.29) is 0 Å². The Kier molecular flexibility index (Phi) is 2.05. The maximum absolute atomic E-state index is 5.88. The molecular formula is C9H6ClN5S. The minimum atomic E-state index is 0.609. The van der Waals surface area contributed by atoms with Gasteiger partial charge in [0.15, 0.2) is 0 Å². The molecule has 0 amide bonds. The van der Waals surface area contributed by atoms with Gasteiger partial charge in [0.25, 0.3) is 0 Å². The molecule has 0 aliphatic rings. The van der Waals surface area contributed by atoms with Crippen molar-refractivity contribution in [2.75, 3.05) is 5.73 Å². The van der Waals surface area contributed by atoms with Crippen LogP contribution >= 0.6 is 22.9 Å². The van der Waals surface area contributed by atoms with E-state index in [1.54, 1.807) is 23.0 Å². The summed E-state index contributed by atoms with van der Waals surface area (Å²) in [6.07, 6.45) is 1.56. The number of nitrogens with zero attached hydrogens (tertiary/aromatic N) is 4. The van der Waals surface area contributed by atoms with Gasteiger partial charge in [0.2, 0.25) is 4.96 Å². The summed E-state index contributed by atoms with van der Waals surface area (Å²) in [6, 6.07) is 5.35. The number of aromatic nitrogens is 4. The van der Waals surface area contributed by atoms with Gasteiger partial charge in [-0.25, -0.2) is 0 Å². The third-order valence-electron chi connectivity index (χ3n) is 2.13. The van der Waals surface area contributed by atoms with Gasteiger partial charge >= 0.3 is 0 Å². The lowest BCUT2D eigenvalue weighted by Crippen LogP contribution is -1.90. The molecule has 0 saturated heterocycles. The molecule has 2 heterocycles. The van der Waals surface area contributed by atoms with Crippen molar-refractivity contribution >= 4 is 33.6 Å². The summed E-state index contributed by atoms with van der Waals surface area (Å²) in [6.45, 7) is 0. The molecule has 0 unspecified atom stereocenters.